The number of hydrogen-bond donors (Lipinski definition) is 0. The summed E-state index contributed by atoms with van der Waals surface area (Å²) in [6.45, 7) is 1.01. The Morgan fingerprint density at radius 2 is 2.80 bits per heavy atom. The molecule has 1 nitrogen and oxygen atoms in total. The topological polar surface area (TPSA) is 12.4 Å². The molecule has 1 rings (SSSR count). The molecule has 25 valence electrons. The molecule has 0 saturated carbocycles. The minimum Gasteiger partial charge on any atom is -0.309 e. The van der Waals surface area contributed by atoms with Gasteiger partial charge in [-0.05, 0) is 6.11 Å². The van der Waals surface area contributed by atoms with Gasteiger partial charge < -0.3 is 4.99 Å². The normalized spacial score (nSPS) is 19.2. The van der Waals surface area contributed by atoms with Crippen LogP contribution in [0.2, 0.25) is 6.32 Å². The van der Waals surface area contributed by atoms with Crippen molar-refractivity contribution in [3.63, 3.8) is 0 Å². The van der Waals surface area contributed by atoms with Crippen LogP contribution in [0.15, 0.2) is 4.99 Å². The summed E-state index contributed by atoms with van der Waals surface area (Å²) in [6, 6.07) is 0. The van der Waals surface area contributed by atoms with Gasteiger partial charge in [-0.2, -0.15) is 0 Å². The summed E-state index contributed by atoms with van der Waals surface area (Å²) in [5, 5.41) is 0. The van der Waals surface area contributed by atoms with E-state index in [1.165, 1.54) is 0 Å². The van der Waals surface area contributed by atoms with Crippen LogP contribution in [-0.4, -0.2) is 19.9 Å². The molecule has 0 aromatic carbocycles. The second-order valence-corrected chi connectivity index (χ2v) is 1.08. The van der Waals surface area contributed by atoms with E-state index < -0.39 is 0 Å². The van der Waals surface area contributed by atoms with E-state index in [-0.39, 0.29) is 0 Å². The average Bonchev–Trinajstić information content (AvgIpc) is 1.76. The van der Waals surface area contributed by atoms with Crippen molar-refractivity contribution in [2.45, 2.75) is 6.32 Å². The molecule has 0 saturated heterocycles. The number of nitrogens with zero attached hydrogens (tertiary/aromatic N) is 1. The van der Waals surface area contributed by atoms with Crippen LogP contribution in [-0.2, 0) is 0 Å². The van der Waals surface area contributed by atoms with Crippen LogP contribution in [0.5, 0.6) is 0 Å². The Balaban J connectivity index is 2.32. The zero-order valence-corrected chi connectivity index (χ0v) is 3.02. The molecule has 0 aromatic heterocycles. The highest BCUT2D eigenvalue weighted by molar-refractivity contribution is 6.68. The van der Waals surface area contributed by atoms with Crippen molar-refractivity contribution >= 4 is 13.4 Å². The van der Waals surface area contributed by atoms with Crippen LogP contribution < -0.4 is 0 Å². The molecule has 5 heavy (non-hydrogen) atoms. The Kier molecular flexibility index (Phi) is 0.734. The zero-order valence-electron chi connectivity index (χ0n) is 3.02. The second kappa shape index (κ2) is 1.25. The Morgan fingerprint density at radius 3 is 3.00 bits per heavy atom. The smallest absolute Gasteiger partial charge is 0.168 e. The van der Waals surface area contributed by atoms with Crippen LogP contribution in [0.25, 0.3) is 0 Å². The maximum atomic E-state index is 3.90. The molecule has 1 aliphatic heterocycles. The van der Waals surface area contributed by atoms with Gasteiger partial charge in [0, 0.05) is 6.54 Å². The van der Waals surface area contributed by atoms with Gasteiger partial charge in [0.1, 0.15) is 0 Å². The third-order valence-corrected chi connectivity index (χ3v) is 0.636. The van der Waals surface area contributed by atoms with Crippen molar-refractivity contribution in [3.8, 4) is 0 Å². The lowest BCUT2D eigenvalue weighted by Gasteiger charge is -1.66. The van der Waals surface area contributed by atoms with E-state index in [0.717, 1.165) is 12.9 Å². The third-order valence-electron chi connectivity index (χ3n) is 0.636. The quantitative estimate of drug-likeness (QED) is 0.357. The summed E-state index contributed by atoms with van der Waals surface area (Å²) in [7, 11) is 2.07. The molecule has 0 amide bonds. The highest BCUT2D eigenvalue weighted by atomic mass is 14.7. The highest BCUT2D eigenvalue weighted by Gasteiger charge is 1.88. The molecule has 0 aromatic rings. The van der Waals surface area contributed by atoms with E-state index in [0.29, 0.717) is 0 Å². The third kappa shape index (κ3) is 0.501. The van der Waals surface area contributed by atoms with Crippen molar-refractivity contribution in [3.05, 3.63) is 0 Å². The second-order valence-electron chi connectivity index (χ2n) is 1.08. The molecule has 0 bridgehead atoms. The minimum atomic E-state index is 1.01. The van der Waals surface area contributed by atoms with Gasteiger partial charge in [-0.3, -0.25) is 0 Å². The molecule has 0 aliphatic carbocycles. The van der Waals surface area contributed by atoms with Gasteiger partial charge in [0.05, 0.1) is 0 Å². The van der Waals surface area contributed by atoms with E-state index in [1.54, 1.807) is 0 Å². The molecule has 1 radical (unpaired) electrons. The maximum absolute atomic E-state index is 3.90. The number of rotatable bonds is 0. The van der Waals surface area contributed by atoms with E-state index >= 15 is 0 Å². The molecule has 1 aliphatic rings. The Labute approximate surface area is 32.3 Å². The van der Waals surface area contributed by atoms with Crippen molar-refractivity contribution in [1.29, 1.82) is 0 Å². The van der Waals surface area contributed by atoms with E-state index in [2.05, 4.69) is 12.3 Å². The Hall–Kier alpha value is -0.265. The molecule has 0 spiro atoms. The molecule has 0 N–H and O–H groups in total. The lowest BCUT2D eigenvalue weighted by atomic mass is 9.79. The summed E-state index contributed by atoms with van der Waals surface area (Å²) in [6.07, 6.45) is 3.01. The van der Waals surface area contributed by atoms with Gasteiger partial charge >= 0.3 is 0 Å². The molecule has 2 heteroatoms. The Bertz CT molecular complexity index is 44.9. The number of aliphatic imine (C=N–C) groups is 1. The van der Waals surface area contributed by atoms with E-state index in [1.807, 2.05) is 6.11 Å². The van der Waals surface area contributed by atoms with Gasteiger partial charge in [0.2, 0.25) is 0 Å². The maximum Gasteiger partial charge on any atom is 0.168 e. The van der Waals surface area contributed by atoms with E-state index in [4.69, 9.17) is 0 Å². The monoisotopic (exact) mass is 66.1 g/mol. The van der Waals surface area contributed by atoms with Gasteiger partial charge in [-0.15, -0.1) is 0 Å². The van der Waals surface area contributed by atoms with Gasteiger partial charge in [0.15, 0.2) is 7.28 Å². The molecule has 0 fully saturated rings. The summed E-state index contributed by atoms with van der Waals surface area (Å²) in [5.41, 5.74) is 0. The van der Waals surface area contributed by atoms with Crippen LogP contribution in [0.1, 0.15) is 0 Å². The van der Waals surface area contributed by atoms with Crippen molar-refractivity contribution in [2.24, 2.45) is 4.99 Å². The fourth-order valence-electron chi connectivity index (χ4n) is 0.373. The molecule has 0 unspecified atom stereocenters. The minimum absolute atomic E-state index is 1.01. The van der Waals surface area contributed by atoms with Crippen LogP contribution in [0.3, 0.4) is 0 Å². The predicted octanol–water partition coefficient (Wildman–Crippen LogP) is 0.151. The van der Waals surface area contributed by atoms with Crippen molar-refractivity contribution in [1.82, 2.24) is 0 Å². The first-order valence-corrected chi connectivity index (χ1v) is 1.82. The highest BCUT2D eigenvalue weighted by Crippen LogP contribution is 1.83. The van der Waals surface area contributed by atoms with Crippen molar-refractivity contribution in [2.75, 3.05) is 6.54 Å². The summed E-state index contributed by atoms with van der Waals surface area (Å²) in [4.78, 5) is 3.90. The zero-order chi connectivity index (χ0) is 3.54. The van der Waals surface area contributed by atoms with E-state index in [9.17, 15) is 0 Å². The molecular weight excluding hydrogens is 60.9 g/mol. The van der Waals surface area contributed by atoms with Crippen LogP contribution in [0, 0.1) is 0 Å². The average molecular weight is 65.9 g/mol. The summed E-state index contributed by atoms with van der Waals surface area (Å²) in [5.74, 6) is 0. The van der Waals surface area contributed by atoms with Gasteiger partial charge in [0.25, 0.3) is 0 Å². The largest absolute Gasteiger partial charge is 0.309 e. The molecular formula is C3H5BN. The Morgan fingerprint density at radius 1 is 1.80 bits per heavy atom. The fourth-order valence-corrected chi connectivity index (χ4v) is 0.373. The van der Waals surface area contributed by atoms with Gasteiger partial charge in [-0.1, -0.05) is 6.32 Å². The lowest BCUT2D eigenvalue weighted by molar-refractivity contribution is 1.16. The van der Waals surface area contributed by atoms with Crippen molar-refractivity contribution < 1.29 is 0 Å². The SMILES string of the molecule is [B]1C=NCC1. The summed E-state index contributed by atoms with van der Waals surface area (Å²) < 4.78 is 0. The first kappa shape index (κ1) is 2.95. The predicted molar refractivity (Wildman–Crippen MR) is 23.9 cm³/mol. The summed E-state index contributed by atoms with van der Waals surface area (Å²) >= 11 is 0. The number of hydrogen-bond acceptors (Lipinski definition) is 1. The van der Waals surface area contributed by atoms with Gasteiger partial charge in [-0.25, -0.2) is 0 Å². The van der Waals surface area contributed by atoms with Crippen LogP contribution >= 0.6 is 0 Å². The molecule has 0 atom stereocenters. The standard InChI is InChI=1S/C3H5BN/c1-2-5-3-4-1/h3H,1-2H2. The first-order valence-electron chi connectivity index (χ1n) is 1.82. The van der Waals surface area contributed by atoms with Crippen LogP contribution in [0.4, 0.5) is 0 Å². The fraction of sp³-hybridized carbons (Fsp3) is 0.667. The first-order chi connectivity index (χ1) is 2.50. The lowest BCUT2D eigenvalue weighted by Crippen LogP contribution is -1.78. The molecule has 1 heterocycles.